The van der Waals surface area contributed by atoms with Gasteiger partial charge < -0.3 is 7.58 Å². The van der Waals surface area contributed by atoms with Crippen molar-refractivity contribution in [1.29, 1.82) is 0 Å². The Labute approximate surface area is 58.8 Å². The molecule has 1 aliphatic rings. The molecular formula is C3H3AlF4O2. The van der Waals surface area contributed by atoms with E-state index in [0.29, 0.717) is 0 Å². The van der Waals surface area contributed by atoms with E-state index in [-0.39, 0.29) is 0 Å². The molecule has 0 amide bonds. The third kappa shape index (κ3) is 1.14. The molecule has 58 valence electrons. The second kappa shape index (κ2) is 2.08. The highest BCUT2D eigenvalue weighted by molar-refractivity contribution is 6.43. The molecule has 7 heteroatoms. The monoisotopic (exact) mass is 174 g/mol. The summed E-state index contributed by atoms with van der Waals surface area (Å²) >= 11 is -2.80. The van der Waals surface area contributed by atoms with Gasteiger partial charge in [0.15, 0.2) is 0 Å². The van der Waals surface area contributed by atoms with Crippen LogP contribution < -0.4 is 0 Å². The summed E-state index contributed by atoms with van der Waals surface area (Å²) < 4.78 is 54.8. The molecule has 0 aromatic carbocycles. The average Bonchev–Trinajstić information content (AvgIpc) is 1.73. The Balaban J connectivity index is 2.78. The zero-order valence-electron chi connectivity index (χ0n) is 4.91. The van der Waals surface area contributed by atoms with Gasteiger partial charge in [0.1, 0.15) is 0 Å². The lowest BCUT2D eigenvalue weighted by atomic mass is 10.6. The Morgan fingerprint density at radius 3 is 1.40 bits per heavy atom. The van der Waals surface area contributed by atoms with Crippen molar-refractivity contribution in [2.45, 2.75) is 18.0 Å². The Morgan fingerprint density at radius 2 is 1.30 bits per heavy atom. The van der Waals surface area contributed by atoms with Gasteiger partial charge >= 0.3 is 27.0 Å². The molecule has 0 radical (unpaired) electrons. The minimum absolute atomic E-state index is 1.11. The fraction of sp³-hybridized carbons (Fsp3) is 1.00. The zero-order chi connectivity index (χ0) is 7.99. The largest absolute Gasteiger partial charge is 0.679 e. The molecule has 0 aliphatic carbocycles. The van der Waals surface area contributed by atoms with Gasteiger partial charge in [-0.1, -0.05) is 5.79 Å². The van der Waals surface area contributed by atoms with Gasteiger partial charge in [0, 0.05) is 0 Å². The number of hydrogen-bond donors (Lipinski definition) is 0. The molecule has 0 N–H and O–H groups in total. The van der Waals surface area contributed by atoms with Gasteiger partial charge in [0.2, 0.25) is 0 Å². The van der Waals surface area contributed by atoms with Gasteiger partial charge in [0.05, 0.1) is 0 Å². The summed E-state index contributed by atoms with van der Waals surface area (Å²) in [5.41, 5.74) is 0. The zero-order valence-corrected chi connectivity index (χ0v) is 6.06. The minimum Gasteiger partial charge on any atom is -0.416 e. The molecule has 0 unspecified atom stereocenters. The predicted octanol–water partition coefficient (Wildman–Crippen LogP) is 1.34. The maximum atomic E-state index is 11.9. The first-order chi connectivity index (χ1) is 4.35. The van der Waals surface area contributed by atoms with Crippen molar-refractivity contribution < 1.29 is 25.1 Å². The maximum Gasteiger partial charge on any atom is 0.679 e. The van der Waals surface area contributed by atoms with E-state index in [9.17, 15) is 17.6 Å². The SMILES string of the molecule is [CH3][Al]1[O]C(F)(F)C(F)(F)[O]1. The van der Waals surface area contributed by atoms with E-state index < -0.39 is 27.0 Å². The van der Waals surface area contributed by atoms with Gasteiger partial charge in [-0.2, -0.15) is 17.6 Å². The minimum atomic E-state index is -4.43. The highest BCUT2D eigenvalue weighted by atomic mass is 27.2. The average molecular weight is 174 g/mol. The van der Waals surface area contributed by atoms with Crippen LogP contribution in [-0.2, 0) is 7.58 Å². The van der Waals surface area contributed by atoms with E-state index in [1.165, 1.54) is 0 Å². The summed E-state index contributed by atoms with van der Waals surface area (Å²) in [6.45, 7) is 0. The van der Waals surface area contributed by atoms with Crippen molar-refractivity contribution in [3.05, 3.63) is 0 Å². The first kappa shape index (κ1) is 8.27. The Kier molecular flexibility index (Phi) is 1.72. The summed E-state index contributed by atoms with van der Waals surface area (Å²) in [5.74, 6) is 1.11. The van der Waals surface area contributed by atoms with E-state index >= 15 is 0 Å². The van der Waals surface area contributed by atoms with Crippen LogP contribution in [0.25, 0.3) is 0 Å². The fourth-order valence-corrected chi connectivity index (χ4v) is 1.73. The Hall–Kier alpha value is 0.172. The van der Waals surface area contributed by atoms with E-state index in [1.54, 1.807) is 0 Å². The molecule has 0 aromatic heterocycles. The van der Waals surface area contributed by atoms with Crippen molar-refractivity contribution in [1.82, 2.24) is 0 Å². The lowest BCUT2D eigenvalue weighted by Gasteiger charge is -2.16. The van der Waals surface area contributed by atoms with Crippen LogP contribution in [0, 0.1) is 0 Å². The lowest BCUT2D eigenvalue weighted by Crippen LogP contribution is -2.36. The number of rotatable bonds is 0. The van der Waals surface area contributed by atoms with Gasteiger partial charge in [0.25, 0.3) is 0 Å². The molecule has 1 rings (SSSR count). The highest BCUT2D eigenvalue weighted by Crippen LogP contribution is 2.42. The summed E-state index contributed by atoms with van der Waals surface area (Å²) in [5, 5.41) is 0. The van der Waals surface area contributed by atoms with Crippen molar-refractivity contribution in [3.63, 3.8) is 0 Å². The van der Waals surface area contributed by atoms with Crippen molar-refractivity contribution in [2.75, 3.05) is 0 Å². The van der Waals surface area contributed by atoms with Crippen LogP contribution in [0.4, 0.5) is 17.6 Å². The molecule has 1 fully saturated rings. The normalized spacial score (nSPS) is 29.1. The Bertz CT molecular complexity index is 133. The second-order valence-electron chi connectivity index (χ2n) is 1.84. The topological polar surface area (TPSA) is 18.5 Å². The first-order valence-electron chi connectivity index (χ1n) is 2.46. The van der Waals surface area contributed by atoms with Crippen LogP contribution in [0.5, 0.6) is 0 Å². The molecule has 10 heavy (non-hydrogen) atoms. The molecule has 0 bridgehead atoms. The summed E-state index contributed by atoms with van der Waals surface area (Å²) in [7, 11) is 0. The summed E-state index contributed by atoms with van der Waals surface area (Å²) in [4.78, 5) is 0. The van der Waals surface area contributed by atoms with Gasteiger partial charge in [-0.05, 0) is 0 Å². The van der Waals surface area contributed by atoms with Crippen LogP contribution in [0.2, 0.25) is 5.79 Å². The quantitative estimate of drug-likeness (QED) is 0.407. The van der Waals surface area contributed by atoms with Crippen LogP contribution >= 0.6 is 0 Å². The van der Waals surface area contributed by atoms with E-state index in [4.69, 9.17) is 0 Å². The van der Waals surface area contributed by atoms with Crippen LogP contribution in [0.1, 0.15) is 0 Å². The molecule has 1 aliphatic heterocycles. The molecule has 0 spiro atoms. The number of halogens is 4. The van der Waals surface area contributed by atoms with Crippen molar-refractivity contribution in [2.24, 2.45) is 0 Å². The fourth-order valence-electron chi connectivity index (χ4n) is 0.578. The van der Waals surface area contributed by atoms with Crippen molar-refractivity contribution >= 4 is 14.8 Å². The van der Waals surface area contributed by atoms with E-state index in [2.05, 4.69) is 7.58 Å². The predicted molar refractivity (Wildman–Crippen MR) is 23.7 cm³/mol. The summed E-state index contributed by atoms with van der Waals surface area (Å²) in [6, 6.07) is 0. The molecule has 1 saturated heterocycles. The van der Waals surface area contributed by atoms with Crippen LogP contribution in [-0.4, -0.2) is 27.0 Å². The molecule has 0 saturated carbocycles. The highest BCUT2D eigenvalue weighted by Gasteiger charge is 2.67. The van der Waals surface area contributed by atoms with Gasteiger partial charge in [-0.15, -0.1) is 0 Å². The molecule has 1 heterocycles. The standard InChI is InChI=1S/C2F4O2.CH3.Al/c3-1(4,7)2(5,6)8;;/h;1H3;/q-2;;+2. The third-order valence-electron chi connectivity index (χ3n) is 0.967. The van der Waals surface area contributed by atoms with Crippen molar-refractivity contribution in [3.8, 4) is 0 Å². The molecule has 0 atom stereocenters. The second-order valence-corrected chi connectivity index (χ2v) is 3.44. The lowest BCUT2D eigenvalue weighted by molar-refractivity contribution is -0.344. The Morgan fingerprint density at radius 1 is 1.00 bits per heavy atom. The number of alkyl halides is 4. The molecule has 2 nitrogen and oxygen atoms in total. The first-order valence-corrected chi connectivity index (χ1v) is 4.56. The smallest absolute Gasteiger partial charge is 0.416 e. The maximum absolute atomic E-state index is 11.9. The van der Waals surface area contributed by atoms with Gasteiger partial charge in [-0.25, -0.2) is 0 Å². The number of hydrogen-bond acceptors (Lipinski definition) is 2. The third-order valence-corrected chi connectivity index (χ3v) is 2.22. The van der Waals surface area contributed by atoms with Gasteiger partial charge in [-0.3, -0.25) is 0 Å². The van der Waals surface area contributed by atoms with E-state index in [0.717, 1.165) is 5.79 Å². The van der Waals surface area contributed by atoms with Crippen LogP contribution in [0.15, 0.2) is 0 Å². The molecule has 0 aromatic rings. The van der Waals surface area contributed by atoms with Crippen LogP contribution in [0.3, 0.4) is 0 Å². The summed E-state index contributed by atoms with van der Waals surface area (Å²) in [6.07, 6.45) is -8.86. The molecular weight excluding hydrogens is 171 g/mol. The van der Waals surface area contributed by atoms with E-state index in [1.807, 2.05) is 0 Å².